The zero-order chi connectivity index (χ0) is 50.7. The Labute approximate surface area is 408 Å². The topological polar surface area (TPSA) is 317 Å². The molecule has 8 unspecified atom stereocenters. The van der Waals surface area contributed by atoms with Crippen LogP contribution in [0.5, 0.6) is 0 Å². The maximum atomic E-state index is 13.9. The molecular formula is C48H75N3O19. The fourth-order valence-corrected chi connectivity index (χ4v) is 9.52. The molecule has 15 atom stereocenters. The first kappa shape index (κ1) is 57.0. The molecule has 0 aromatic heterocycles. The minimum Gasteiger partial charge on any atom is -0.479 e. The monoisotopic (exact) mass is 997 g/mol. The quantitative estimate of drug-likeness (QED) is 0.0429. The normalized spacial score (nSPS) is 32.1. The van der Waals surface area contributed by atoms with Gasteiger partial charge in [0.2, 0.25) is 17.7 Å². The van der Waals surface area contributed by atoms with E-state index in [1.807, 2.05) is 37.3 Å². The molecule has 1 aromatic carbocycles. The lowest BCUT2D eigenvalue weighted by Crippen LogP contribution is -2.67. The third-order valence-electron chi connectivity index (χ3n) is 13.4. The van der Waals surface area contributed by atoms with E-state index >= 15 is 0 Å². The van der Waals surface area contributed by atoms with E-state index in [1.165, 1.54) is 13.8 Å². The molecule has 0 spiro atoms. The van der Waals surface area contributed by atoms with Crippen molar-refractivity contribution < 1.29 is 92.5 Å². The molecule has 0 bridgehead atoms. The summed E-state index contributed by atoms with van der Waals surface area (Å²) in [4.78, 5) is 63.7. The third-order valence-corrected chi connectivity index (χ3v) is 13.4. The first-order valence-corrected chi connectivity index (χ1v) is 24.6. The minimum atomic E-state index is -1.68. The van der Waals surface area contributed by atoms with Gasteiger partial charge in [-0.1, -0.05) is 75.8 Å². The van der Waals surface area contributed by atoms with Gasteiger partial charge in [0.15, 0.2) is 18.7 Å². The number of amides is 3. The summed E-state index contributed by atoms with van der Waals surface area (Å²) in [5.74, 6) is -4.21. The van der Waals surface area contributed by atoms with Crippen LogP contribution in [0.15, 0.2) is 30.3 Å². The molecule has 3 amide bonds. The zero-order valence-corrected chi connectivity index (χ0v) is 40.3. The predicted octanol–water partition coefficient (Wildman–Crippen LogP) is -0.189. The van der Waals surface area contributed by atoms with Crippen molar-refractivity contribution in [2.24, 2.45) is 17.8 Å². The van der Waals surface area contributed by atoms with E-state index in [1.54, 1.807) is 0 Å². The zero-order valence-electron chi connectivity index (χ0n) is 40.3. The van der Waals surface area contributed by atoms with Crippen molar-refractivity contribution in [3.63, 3.8) is 0 Å². The molecule has 70 heavy (non-hydrogen) atoms. The second-order valence-electron chi connectivity index (χ2n) is 18.6. The van der Waals surface area contributed by atoms with E-state index in [0.29, 0.717) is 6.42 Å². The highest BCUT2D eigenvalue weighted by molar-refractivity contribution is 5.79. The number of nitrogens with one attached hydrogen (secondary N) is 3. The molecule has 2 saturated heterocycles. The van der Waals surface area contributed by atoms with Crippen LogP contribution >= 0.6 is 0 Å². The number of carboxylic acids is 1. The number of carbonyl (C=O) groups excluding carboxylic acids is 4. The molecule has 22 nitrogen and oxygen atoms in total. The average Bonchev–Trinajstić information content (AvgIpc) is 3.34. The highest BCUT2D eigenvalue weighted by Gasteiger charge is 2.53. The lowest BCUT2D eigenvalue weighted by Gasteiger charge is -2.49. The van der Waals surface area contributed by atoms with Crippen molar-refractivity contribution in [3.05, 3.63) is 35.9 Å². The number of hydrogen-bond donors (Lipinski definition) is 9. The van der Waals surface area contributed by atoms with Gasteiger partial charge in [0, 0.05) is 32.4 Å². The molecule has 2 saturated carbocycles. The number of aliphatic carboxylic acids is 1. The number of benzene rings is 1. The Hall–Kier alpha value is -3.91. The van der Waals surface area contributed by atoms with Crippen LogP contribution in [0.1, 0.15) is 90.5 Å². The molecule has 1 aromatic rings. The summed E-state index contributed by atoms with van der Waals surface area (Å²) in [6.45, 7) is 4.24. The van der Waals surface area contributed by atoms with Crippen LogP contribution in [0, 0.1) is 17.8 Å². The minimum absolute atomic E-state index is 0.0305. The lowest BCUT2D eigenvalue weighted by molar-refractivity contribution is -0.338. The largest absolute Gasteiger partial charge is 0.479 e. The van der Waals surface area contributed by atoms with Crippen molar-refractivity contribution in [3.8, 4) is 0 Å². The summed E-state index contributed by atoms with van der Waals surface area (Å²) in [5.41, 5.74) is 0.857. The first-order chi connectivity index (χ1) is 33.6. The second-order valence-corrected chi connectivity index (χ2v) is 18.6. The Morgan fingerprint density at radius 1 is 0.814 bits per heavy atom. The smallest absolute Gasteiger partial charge is 0.332 e. The molecule has 22 heteroatoms. The summed E-state index contributed by atoms with van der Waals surface area (Å²) < 4.78 is 47.0. The van der Waals surface area contributed by atoms with Gasteiger partial charge < -0.3 is 84.5 Å². The summed E-state index contributed by atoms with van der Waals surface area (Å²) in [6, 6.07) is 7.90. The van der Waals surface area contributed by atoms with E-state index in [9.17, 15) is 54.6 Å². The van der Waals surface area contributed by atoms with Crippen molar-refractivity contribution in [2.75, 3.05) is 46.1 Å². The van der Waals surface area contributed by atoms with Gasteiger partial charge in [-0.3, -0.25) is 14.4 Å². The number of hydrogen-bond acceptors (Lipinski definition) is 18. The Balaban J connectivity index is 1.20. The van der Waals surface area contributed by atoms with E-state index in [0.717, 1.165) is 37.7 Å². The van der Waals surface area contributed by atoms with Crippen molar-refractivity contribution in [1.29, 1.82) is 0 Å². The summed E-state index contributed by atoms with van der Waals surface area (Å²) in [6.07, 6.45) is -11.1. The standard InChI is InChI=1S/C48H75N3O19/c1-4-31-22-32(45(60)50-17-16-49-36(54)15-18-63-19-20-64-26-37(55)65-25-30-13-9-6-10-14-30)23-33(43(31)70-48-42(59)41(58)39(56)27(2)66-48)68-47-38(51-28(3)53)44(40(57)35(24-52)69-47)67-34(46(61)62)21-29-11-7-5-8-12-29/h6,9-10,13-14,27,29,31-35,38-44,47-48,52,56-59H,4-5,7-8,11-12,15-26H2,1-3H3,(H,49,54)(H,50,60)(H,51,53)(H,61,62)/t27-,31?,32?,33+,34-,35?,38?,39+,40-,41?,42?,43?,44?,47+,48-/m0/s1. The number of esters is 1. The fourth-order valence-electron chi connectivity index (χ4n) is 9.52. The van der Waals surface area contributed by atoms with Crippen molar-refractivity contribution >= 4 is 29.7 Å². The third kappa shape index (κ3) is 17.1. The van der Waals surface area contributed by atoms with E-state index in [-0.39, 0.29) is 89.5 Å². The number of aliphatic hydroxyl groups is 5. The van der Waals surface area contributed by atoms with Crippen LogP contribution < -0.4 is 16.0 Å². The molecule has 2 heterocycles. The summed E-state index contributed by atoms with van der Waals surface area (Å²) >= 11 is 0. The number of carbonyl (C=O) groups is 5. The molecular weight excluding hydrogens is 923 g/mol. The molecule has 2 aliphatic heterocycles. The van der Waals surface area contributed by atoms with Gasteiger partial charge in [-0.05, 0) is 43.6 Å². The predicted molar refractivity (Wildman–Crippen MR) is 244 cm³/mol. The van der Waals surface area contributed by atoms with Gasteiger partial charge in [-0.25, -0.2) is 9.59 Å². The van der Waals surface area contributed by atoms with Crippen LogP contribution in [-0.2, 0) is 68.5 Å². The molecule has 9 N–H and O–H groups in total. The fraction of sp³-hybridized carbons (Fsp3) is 0.771. The van der Waals surface area contributed by atoms with Crippen LogP contribution in [0.3, 0.4) is 0 Å². The molecule has 0 radical (unpaired) electrons. The second kappa shape index (κ2) is 29.0. The SMILES string of the molecule is CCC1CC(C(=O)NCCNC(=O)CCOCCOCC(=O)OCc2ccccc2)C[C@@H](O[C@@H]2OC(CO)[C@H](O)C(O[C@@H](CC3CCCCC3)C(=O)O)C2NC(C)=O)C1O[C@@H]1O[C@@H](C)[C@@H](O)C(O)C1O. The maximum Gasteiger partial charge on any atom is 0.332 e. The number of aliphatic hydroxyl groups excluding tert-OH is 5. The van der Waals surface area contributed by atoms with Gasteiger partial charge in [-0.2, -0.15) is 0 Å². The van der Waals surface area contributed by atoms with E-state index in [2.05, 4.69) is 16.0 Å². The number of rotatable bonds is 26. The maximum absolute atomic E-state index is 13.9. The van der Waals surface area contributed by atoms with Gasteiger partial charge in [0.1, 0.15) is 55.9 Å². The lowest BCUT2D eigenvalue weighted by atomic mass is 9.75. The van der Waals surface area contributed by atoms with Crippen LogP contribution in [0.25, 0.3) is 0 Å². The van der Waals surface area contributed by atoms with Crippen LogP contribution in [0.2, 0.25) is 0 Å². The molecule has 2 aliphatic carbocycles. The Morgan fingerprint density at radius 2 is 1.53 bits per heavy atom. The summed E-state index contributed by atoms with van der Waals surface area (Å²) in [5, 5.41) is 72.5. The van der Waals surface area contributed by atoms with Crippen LogP contribution in [-0.4, -0.2) is 186 Å². The molecule has 5 rings (SSSR count). The molecule has 4 aliphatic rings. The molecule has 396 valence electrons. The van der Waals surface area contributed by atoms with Gasteiger partial charge in [-0.15, -0.1) is 0 Å². The highest BCUT2D eigenvalue weighted by atomic mass is 16.7. The van der Waals surface area contributed by atoms with Gasteiger partial charge in [0.25, 0.3) is 0 Å². The van der Waals surface area contributed by atoms with E-state index in [4.69, 9.17) is 37.9 Å². The van der Waals surface area contributed by atoms with Crippen molar-refractivity contribution in [1.82, 2.24) is 16.0 Å². The van der Waals surface area contributed by atoms with Crippen molar-refractivity contribution in [2.45, 2.75) is 171 Å². The molecule has 4 fully saturated rings. The van der Waals surface area contributed by atoms with Crippen LogP contribution in [0.4, 0.5) is 0 Å². The Bertz CT molecular complexity index is 1770. The van der Waals surface area contributed by atoms with Gasteiger partial charge in [0.05, 0.1) is 44.7 Å². The average molecular weight is 998 g/mol. The first-order valence-electron chi connectivity index (χ1n) is 24.6. The number of ether oxygens (including phenoxy) is 8. The Morgan fingerprint density at radius 3 is 2.21 bits per heavy atom. The highest BCUT2D eigenvalue weighted by Crippen LogP contribution is 2.40. The summed E-state index contributed by atoms with van der Waals surface area (Å²) in [7, 11) is 0. The Kier molecular flexibility index (Phi) is 23.6. The van der Waals surface area contributed by atoms with Gasteiger partial charge >= 0.3 is 11.9 Å². The van der Waals surface area contributed by atoms with E-state index < -0.39 is 116 Å². The number of carboxylic acid groups (broad SMARTS) is 1.